The molecule has 3 rings (SSSR count). The number of hydrogen-bond donors (Lipinski definition) is 1. The first-order valence-corrected chi connectivity index (χ1v) is 10.7. The summed E-state index contributed by atoms with van der Waals surface area (Å²) in [6, 6.07) is 16.6. The number of amides is 2. The maximum absolute atomic E-state index is 12.7. The highest BCUT2D eigenvalue weighted by Gasteiger charge is 2.52. The SMILES string of the molecule is COC(=O)[C@@H]1[C@@H](OCc2ccc(-c3ccccc3)cc2)[C@H](C(N)=O)CN1C(=O)OC(C)(C)C. The number of hydrogen-bond acceptors (Lipinski definition) is 6. The van der Waals surface area contributed by atoms with Crippen molar-refractivity contribution in [2.45, 2.75) is 45.1 Å². The van der Waals surface area contributed by atoms with Gasteiger partial charge in [-0.05, 0) is 37.5 Å². The molecule has 1 fully saturated rings. The lowest BCUT2D eigenvalue weighted by Crippen LogP contribution is -2.48. The third-order valence-corrected chi connectivity index (χ3v) is 5.38. The van der Waals surface area contributed by atoms with E-state index in [1.165, 1.54) is 7.11 Å². The third-order valence-electron chi connectivity index (χ3n) is 5.38. The normalized spacial score (nSPS) is 20.4. The van der Waals surface area contributed by atoms with Crippen molar-refractivity contribution in [3.63, 3.8) is 0 Å². The number of primary amides is 1. The van der Waals surface area contributed by atoms with E-state index in [0.29, 0.717) is 0 Å². The molecule has 3 atom stereocenters. The van der Waals surface area contributed by atoms with E-state index in [4.69, 9.17) is 19.9 Å². The number of nitrogens with zero attached hydrogens (tertiary/aromatic N) is 1. The molecule has 1 aliphatic rings. The minimum Gasteiger partial charge on any atom is -0.467 e. The summed E-state index contributed by atoms with van der Waals surface area (Å²) < 4.78 is 16.3. The molecular weight excluding hydrogens is 424 g/mol. The molecule has 8 nitrogen and oxygen atoms in total. The first-order chi connectivity index (χ1) is 15.6. The molecule has 176 valence electrons. The van der Waals surface area contributed by atoms with Gasteiger partial charge in [0.25, 0.3) is 0 Å². The predicted molar refractivity (Wildman–Crippen MR) is 122 cm³/mol. The molecule has 2 aromatic carbocycles. The van der Waals surface area contributed by atoms with Crippen LogP contribution < -0.4 is 5.73 Å². The smallest absolute Gasteiger partial charge is 0.411 e. The van der Waals surface area contributed by atoms with Crippen molar-refractivity contribution in [2.75, 3.05) is 13.7 Å². The van der Waals surface area contributed by atoms with Gasteiger partial charge >= 0.3 is 12.1 Å². The van der Waals surface area contributed by atoms with Gasteiger partial charge in [0.15, 0.2) is 6.04 Å². The summed E-state index contributed by atoms with van der Waals surface area (Å²) in [6.07, 6.45) is -1.70. The van der Waals surface area contributed by atoms with Crippen LogP contribution >= 0.6 is 0 Å². The second kappa shape index (κ2) is 10.0. The first kappa shape index (κ1) is 24.3. The Morgan fingerprint density at radius 2 is 1.61 bits per heavy atom. The lowest BCUT2D eigenvalue weighted by atomic mass is 10.0. The Morgan fingerprint density at radius 1 is 1.00 bits per heavy atom. The molecule has 0 saturated carbocycles. The zero-order valence-corrected chi connectivity index (χ0v) is 19.3. The van der Waals surface area contributed by atoms with Crippen LogP contribution in [0.15, 0.2) is 54.6 Å². The Hall–Kier alpha value is -3.39. The maximum atomic E-state index is 12.7. The van der Waals surface area contributed by atoms with Gasteiger partial charge in [0.1, 0.15) is 11.7 Å². The second-order valence-corrected chi connectivity index (χ2v) is 8.95. The Morgan fingerprint density at radius 3 is 2.15 bits per heavy atom. The molecule has 0 spiro atoms. The van der Waals surface area contributed by atoms with Crippen LogP contribution in [-0.4, -0.2) is 54.3 Å². The van der Waals surface area contributed by atoms with Gasteiger partial charge in [-0.1, -0.05) is 54.6 Å². The standard InChI is InChI=1S/C25H30N2O6/c1-25(2,3)33-24(30)27-14-19(22(26)28)21(20(27)23(29)31-4)32-15-16-10-12-18(13-11-16)17-8-6-5-7-9-17/h5-13,19-21H,14-15H2,1-4H3,(H2,26,28)/t19-,20+,21+/m1/s1. The van der Waals surface area contributed by atoms with Gasteiger partial charge in [0.2, 0.25) is 5.91 Å². The molecule has 0 unspecified atom stereocenters. The summed E-state index contributed by atoms with van der Waals surface area (Å²) >= 11 is 0. The summed E-state index contributed by atoms with van der Waals surface area (Å²) in [5, 5.41) is 0. The summed E-state index contributed by atoms with van der Waals surface area (Å²) in [6.45, 7) is 5.17. The van der Waals surface area contributed by atoms with Crippen LogP contribution in [0.5, 0.6) is 0 Å². The fourth-order valence-corrected chi connectivity index (χ4v) is 3.79. The topological polar surface area (TPSA) is 108 Å². The van der Waals surface area contributed by atoms with E-state index < -0.39 is 41.6 Å². The van der Waals surface area contributed by atoms with Crippen LogP contribution in [0.25, 0.3) is 11.1 Å². The fourth-order valence-electron chi connectivity index (χ4n) is 3.79. The van der Waals surface area contributed by atoms with Crippen molar-refractivity contribution >= 4 is 18.0 Å². The quantitative estimate of drug-likeness (QED) is 0.672. The van der Waals surface area contributed by atoms with Crippen molar-refractivity contribution in [1.29, 1.82) is 0 Å². The zero-order chi connectivity index (χ0) is 24.2. The van der Waals surface area contributed by atoms with Crippen LogP contribution in [0.1, 0.15) is 26.3 Å². The molecule has 0 aliphatic carbocycles. The number of rotatable bonds is 6. The van der Waals surface area contributed by atoms with Crippen LogP contribution in [0.2, 0.25) is 0 Å². The van der Waals surface area contributed by atoms with Gasteiger partial charge in [0.05, 0.1) is 19.6 Å². The van der Waals surface area contributed by atoms with Crippen molar-refractivity contribution in [3.05, 3.63) is 60.2 Å². The molecule has 2 N–H and O–H groups in total. The summed E-state index contributed by atoms with van der Waals surface area (Å²) in [7, 11) is 1.21. The van der Waals surface area contributed by atoms with E-state index in [9.17, 15) is 14.4 Å². The van der Waals surface area contributed by atoms with E-state index >= 15 is 0 Å². The predicted octanol–water partition coefficient (Wildman–Crippen LogP) is 3.13. The third kappa shape index (κ3) is 5.90. The summed E-state index contributed by atoms with van der Waals surface area (Å²) in [5.41, 5.74) is 7.80. The average molecular weight is 455 g/mol. The zero-order valence-electron chi connectivity index (χ0n) is 19.3. The minimum atomic E-state index is -1.15. The Bertz CT molecular complexity index is 984. The van der Waals surface area contributed by atoms with E-state index in [2.05, 4.69) is 0 Å². The number of carbonyl (C=O) groups excluding carboxylic acids is 3. The van der Waals surface area contributed by atoms with Crippen LogP contribution in [0.3, 0.4) is 0 Å². The Balaban J connectivity index is 1.79. The van der Waals surface area contributed by atoms with Gasteiger partial charge in [-0.15, -0.1) is 0 Å². The maximum Gasteiger partial charge on any atom is 0.411 e. The largest absolute Gasteiger partial charge is 0.467 e. The second-order valence-electron chi connectivity index (χ2n) is 8.95. The number of methoxy groups -OCH3 is 1. The van der Waals surface area contributed by atoms with Crippen LogP contribution in [-0.2, 0) is 30.4 Å². The Labute approximate surface area is 193 Å². The number of ether oxygens (including phenoxy) is 3. The molecule has 1 saturated heterocycles. The van der Waals surface area contributed by atoms with Gasteiger partial charge in [-0.3, -0.25) is 9.69 Å². The fraction of sp³-hybridized carbons (Fsp3) is 0.400. The van der Waals surface area contributed by atoms with E-state index in [1.807, 2.05) is 54.6 Å². The highest BCUT2D eigenvalue weighted by atomic mass is 16.6. The molecule has 0 radical (unpaired) electrons. The lowest BCUT2D eigenvalue weighted by molar-refractivity contribution is -0.151. The molecule has 33 heavy (non-hydrogen) atoms. The number of nitrogens with two attached hydrogens (primary N) is 1. The molecule has 2 aromatic rings. The highest BCUT2D eigenvalue weighted by molar-refractivity contribution is 5.87. The van der Waals surface area contributed by atoms with Crippen molar-refractivity contribution in [1.82, 2.24) is 4.90 Å². The molecule has 0 bridgehead atoms. The molecule has 1 aliphatic heterocycles. The molecular formula is C25H30N2O6. The van der Waals surface area contributed by atoms with E-state index in [0.717, 1.165) is 21.6 Å². The van der Waals surface area contributed by atoms with Crippen molar-refractivity contribution in [3.8, 4) is 11.1 Å². The van der Waals surface area contributed by atoms with Gasteiger partial charge < -0.3 is 19.9 Å². The van der Waals surface area contributed by atoms with Gasteiger partial charge in [-0.2, -0.15) is 0 Å². The monoisotopic (exact) mass is 454 g/mol. The molecule has 8 heteroatoms. The molecule has 2 amide bonds. The number of benzene rings is 2. The van der Waals surface area contributed by atoms with Crippen LogP contribution in [0, 0.1) is 5.92 Å². The molecule has 0 aromatic heterocycles. The van der Waals surface area contributed by atoms with Gasteiger partial charge in [-0.25, -0.2) is 9.59 Å². The van der Waals surface area contributed by atoms with Crippen molar-refractivity contribution < 1.29 is 28.6 Å². The number of carbonyl (C=O) groups is 3. The number of likely N-dealkylation sites (tertiary alicyclic amines) is 1. The van der Waals surface area contributed by atoms with Gasteiger partial charge in [0, 0.05) is 6.54 Å². The molecule has 1 heterocycles. The first-order valence-electron chi connectivity index (χ1n) is 10.7. The number of esters is 1. The van der Waals surface area contributed by atoms with E-state index in [-0.39, 0.29) is 13.2 Å². The summed E-state index contributed by atoms with van der Waals surface area (Å²) in [4.78, 5) is 38.6. The van der Waals surface area contributed by atoms with E-state index in [1.54, 1.807) is 20.8 Å². The van der Waals surface area contributed by atoms with Crippen LogP contribution in [0.4, 0.5) is 4.79 Å². The average Bonchev–Trinajstić information content (AvgIpc) is 3.17. The Kier molecular flexibility index (Phi) is 7.38. The summed E-state index contributed by atoms with van der Waals surface area (Å²) in [5.74, 6) is -2.25. The lowest BCUT2D eigenvalue weighted by Gasteiger charge is -2.28. The highest BCUT2D eigenvalue weighted by Crippen LogP contribution is 2.30. The minimum absolute atomic E-state index is 0.0956. The van der Waals surface area contributed by atoms with Crippen molar-refractivity contribution in [2.24, 2.45) is 11.7 Å².